The molecule has 0 amide bonds. The molecular weight excluding hydrogens is 347 g/mol. The Labute approximate surface area is 148 Å². The van der Waals surface area contributed by atoms with Crippen LogP contribution in [0.15, 0.2) is 23.3 Å². The van der Waals surface area contributed by atoms with Gasteiger partial charge in [-0.2, -0.15) is 13.2 Å². The van der Waals surface area contributed by atoms with Crippen LogP contribution in [0.5, 0.6) is 0 Å². The minimum absolute atomic E-state index is 0.202. The lowest BCUT2D eigenvalue weighted by Gasteiger charge is -2.32. The maximum Gasteiger partial charge on any atom is 0.433 e. The van der Waals surface area contributed by atoms with Gasteiger partial charge < -0.3 is 4.90 Å². The molecule has 2 aromatic heterocycles. The number of rotatable bonds is 3. The van der Waals surface area contributed by atoms with Crippen LogP contribution in [0.25, 0.3) is 0 Å². The van der Waals surface area contributed by atoms with E-state index in [2.05, 4.69) is 19.9 Å². The molecule has 6 nitrogen and oxygen atoms in total. The third-order valence-electron chi connectivity index (χ3n) is 4.49. The first-order chi connectivity index (χ1) is 12.2. The molecule has 3 rings (SSSR count). The highest BCUT2D eigenvalue weighted by Gasteiger charge is 2.33. The Morgan fingerprint density at radius 1 is 1.12 bits per heavy atom. The molecule has 2 aromatic rings. The van der Waals surface area contributed by atoms with E-state index in [-0.39, 0.29) is 5.92 Å². The number of aryl methyl sites for hydroxylation is 2. The zero-order valence-electron chi connectivity index (χ0n) is 14.6. The molecule has 0 bridgehead atoms. The quantitative estimate of drug-likeness (QED) is 0.834. The first-order valence-electron chi connectivity index (χ1n) is 8.43. The smallest absolute Gasteiger partial charge is 0.341 e. The van der Waals surface area contributed by atoms with E-state index in [1.807, 2.05) is 19.9 Å². The minimum Gasteiger partial charge on any atom is -0.341 e. The molecule has 1 aliphatic rings. The molecule has 1 fully saturated rings. The molecule has 0 N–H and O–H groups in total. The van der Waals surface area contributed by atoms with E-state index < -0.39 is 17.4 Å². The van der Waals surface area contributed by atoms with Gasteiger partial charge in [-0.3, -0.25) is 9.36 Å². The van der Waals surface area contributed by atoms with Crippen molar-refractivity contribution in [1.29, 1.82) is 0 Å². The number of nitrogens with zero attached hydrogens (tertiary/aromatic N) is 5. The van der Waals surface area contributed by atoms with E-state index in [9.17, 15) is 18.0 Å². The summed E-state index contributed by atoms with van der Waals surface area (Å²) in [7, 11) is 0. The Hall–Kier alpha value is -2.45. The molecule has 0 aliphatic carbocycles. The van der Waals surface area contributed by atoms with E-state index in [1.54, 1.807) is 0 Å². The van der Waals surface area contributed by atoms with Crippen LogP contribution in [-0.4, -0.2) is 32.6 Å². The number of hydrogen-bond donors (Lipinski definition) is 0. The summed E-state index contributed by atoms with van der Waals surface area (Å²) in [5.74, 6) is 0.905. The maximum atomic E-state index is 12.6. The van der Waals surface area contributed by atoms with Crippen LogP contribution >= 0.6 is 0 Å². The molecule has 0 saturated carbocycles. The van der Waals surface area contributed by atoms with Crippen molar-refractivity contribution in [1.82, 2.24) is 19.5 Å². The van der Waals surface area contributed by atoms with Gasteiger partial charge in [0.25, 0.3) is 5.56 Å². The van der Waals surface area contributed by atoms with Gasteiger partial charge in [0.2, 0.25) is 5.95 Å². The van der Waals surface area contributed by atoms with Gasteiger partial charge >= 0.3 is 6.18 Å². The third kappa shape index (κ3) is 4.20. The Morgan fingerprint density at radius 3 is 2.27 bits per heavy atom. The lowest BCUT2D eigenvalue weighted by atomic mass is 9.97. The normalized spacial score (nSPS) is 16.1. The van der Waals surface area contributed by atoms with Crippen molar-refractivity contribution < 1.29 is 13.2 Å². The van der Waals surface area contributed by atoms with Gasteiger partial charge in [-0.1, -0.05) is 0 Å². The standard InChI is InChI=1S/C17H20F3N5O/c1-11-7-12(2)23-16(22-11)24-5-3-13(4-6-24)9-25-10-21-14(8-15(25)26)17(18,19)20/h7-8,10,13H,3-6,9H2,1-2H3. The van der Waals surface area contributed by atoms with E-state index in [4.69, 9.17) is 0 Å². The molecule has 3 heterocycles. The highest BCUT2D eigenvalue weighted by molar-refractivity contribution is 5.32. The lowest BCUT2D eigenvalue weighted by Crippen LogP contribution is -2.37. The highest BCUT2D eigenvalue weighted by Crippen LogP contribution is 2.26. The lowest BCUT2D eigenvalue weighted by molar-refractivity contribution is -0.141. The summed E-state index contributed by atoms with van der Waals surface area (Å²) < 4.78 is 39.0. The predicted octanol–water partition coefficient (Wildman–Crippen LogP) is 2.59. The fraction of sp³-hybridized carbons (Fsp3) is 0.529. The molecule has 0 atom stereocenters. The summed E-state index contributed by atoms with van der Waals surface area (Å²) >= 11 is 0. The van der Waals surface area contributed by atoms with Gasteiger partial charge in [0.1, 0.15) is 0 Å². The summed E-state index contributed by atoms with van der Waals surface area (Å²) in [6.07, 6.45) is -1.99. The van der Waals surface area contributed by atoms with Crippen LogP contribution in [0, 0.1) is 19.8 Å². The van der Waals surface area contributed by atoms with Crippen molar-refractivity contribution in [2.24, 2.45) is 5.92 Å². The zero-order valence-corrected chi connectivity index (χ0v) is 14.6. The summed E-state index contributed by atoms with van der Waals surface area (Å²) in [5.41, 5.74) is 0.00180. The average molecular weight is 367 g/mol. The Bertz CT molecular complexity index is 821. The zero-order chi connectivity index (χ0) is 18.9. The summed E-state index contributed by atoms with van der Waals surface area (Å²) in [6.45, 7) is 5.71. The number of halogens is 3. The SMILES string of the molecule is Cc1cc(C)nc(N2CCC(Cn3cnc(C(F)(F)F)cc3=O)CC2)n1. The van der Waals surface area contributed by atoms with Gasteiger partial charge in [-0.05, 0) is 38.7 Å². The van der Waals surface area contributed by atoms with Crippen LogP contribution in [0.3, 0.4) is 0 Å². The number of anilines is 1. The summed E-state index contributed by atoms with van der Waals surface area (Å²) in [4.78, 5) is 26.3. The van der Waals surface area contributed by atoms with Gasteiger partial charge in [-0.25, -0.2) is 15.0 Å². The van der Waals surface area contributed by atoms with Crippen LogP contribution in [0.4, 0.5) is 19.1 Å². The molecular formula is C17H20F3N5O. The van der Waals surface area contributed by atoms with Crippen molar-refractivity contribution >= 4 is 5.95 Å². The van der Waals surface area contributed by atoms with E-state index >= 15 is 0 Å². The molecule has 0 unspecified atom stereocenters. The van der Waals surface area contributed by atoms with Crippen LogP contribution in [-0.2, 0) is 12.7 Å². The fourth-order valence-electron chi connectivity index (χ4n) is 3.16. The molecule has 0 radical (unpaired) electrons. The van der Waals surface area contributed by atoms with Gasteiger partial charge in [0.05, 0.1) is 6.33 Å². The molecule has 140 valence electrons. The number of alkyl halides is 3. The maximum absolute atomic E-state index is 12.6. The largest absolute Gasteiger partial charge is 0.433 e. The molecule has 0 spiro atoms. The topological polar surface area (TPSA) is 63.9 Å². The second-order valence-corrected chi connectivity index (χ2v) is 6.64. The number of piperidine rings is 1. The Morgan fingerprint density at radius 2 is 1.73 bits per heavy atom. The first-order valence-corrected chi connectivity index (χ1v) is 8.43. The van der Waals surface area contributed by atoms with Gasteiger partial charge in [-0.15, -0.1) is 0 Å². The third-order valence-corrected chi connectivity index (χ3v) is 4.49. The Balaban J connectivity index is 1.63. The van der Waals surface area contributed by atoms with E-state index in [1.165, 1.54) is 4.57 Å². The summed E-state index contributed by atoms with van der Waals surface area (Å²) in [5, 5.41) is 0. The molecule has 0 aromatic carbocycles. The number of aromatic nitrogens is 4. The second-order valence-electron chi connectivity index (χ2n) is 6.64. The molecule has 1 aliphatic heterocycles. The van der Waals surface area contributed by atoms with Crippen molar-refractivity contribution in [3.63, 3.8) is 0 Å². The average Bonchev–Trinajstić information content (AvgIpc) is 2.55. The first kappa shape index (κ1) is 18.3. The molecule has 1 saturated heterocycles. The Kier molecular flexibility index (Phi) is 4.97. The van der Waals surface area contributed by atoms with Crippen LogP contribution < -0.4 is 10.5 Å². The number of hydrogen-bond acceptors (Lipinski definition) is 5. The van der Waals surface area contributed by atoms with E-state index in [0.29, 0.717) is 18.6 Å². The fourth-order valence-corrected chi connectivity index (χ4v) is 3.16. The van der Waals surface area contributed by atoms with Crippen molar-refractivity contribution in [2.75, 3.05) is 18.0 Å². The van der Waals surface area contributed by atoms with Crippen molar-refractivity contribution in [3.05, 3.63) is 45.9 Å². The minimum atomic E-state index is -4.60. The van der Waals surface area contributed by atoms with Gasteiger partial charge in [0, 0.05) is 37.1 Å². The van der Waals surface area contributed by atoms with Crippen LogP contribution in [0.2, 0.25) is 0 Å². The van der Waals surface area contributed by atoms with Crippen LogP contribution in [0.1, 0.15) is 29.9 Å². The van der Waals surface area contributed by atoms with Crippen molar-refractivity contribution in [2.45, 2.75) is 39.4 Å². The summed E-state index contributed by atoms with van der Waals surface area (Å²) in [6, 6.07) is 2.47. The second kappa shape index (κ2) is 7.05. The predicted molar refractivity (Wildman–Crippen MR) is 89.9 cm³/mol. The van der Waals surface area contributed by atoms with Gasteiger partial charge in [0.15, 0.2) is 5.69 Å². The monoisotopic (exact) mass is 367 g/mol. The molecule has 26 heavy (non-hydrogen) atoms. The van der Waals surface area contributed by atoms with Crippen molar-refractivity contribution in [3.8, 4) is 0 Å². The van der Waals surface area contributed by atoms with E-state index in [0.717, 1.165) is 43.6 Å². The molecule has 9 heteroatoms. The highest BCUT2D eigenvalue weighted by atomic mass is 19.4.